The van der Waals surface area contributed by atoms with Gasteiger partial charge in [-0.1, -0.05) is 6.07 Å². The second-order valence-electron chi connectivity index (χ2n) is 3.84. The highest BCUT2D eigenvalue weighted by atomic mass is 19.1. The molecule has 0 unspecified atom stereocenters. The average Bonchev–Trinajstić information content (AvgIpc) is 2.37. The molecule has 5 heteroatoms. The van der Waals surface area contributed by atoms with Gasteiger partial charge in [0.05, 0.1) is 17.2 Å². The summed E-state index contributed by atoms with van der Waals surface area (Å²) in [4.78, 5) is 11.1. The summed E-state index contributed by atoms with van der Waals surface area (Å²) < 4.78 is 26.4. The zero-order valence-corrected chi connectivity index (χ0v) is 9.52. The monoisotopic (exact) mass is 259 g/mol. The highest BCUT2D eigenvalue weighted by Crippen LogP contribution is 2.26. The van der Waals surface area contributed by atoms with Gasteiger partial charge < -0.3 is 5.11 Å². The predicted octanol–water partition coefficient (Wildman–Crippen LogP) is 3.20. The zero-order chi connectivity index (χ0) is 14.0. The molecule has 0 bridgehead atoms. The molecule has 0 heterocycles. The van der Waals surface area contributed by atoms with Crippen molar-refractivity contribution < 1.29 is 18.7 Å². The van der Waals surface area contributed by atoms with E-state index in [1.165, 1.54) is 12.1 Å². The first kappa shape index (κ1) is 12.7. The highest BCUT2D eigenvalue weighted by Gasteiger charge is 2.14. The number of rotatable bonds is 2. The summed E-state index contributed by atoms with van der Waals surface area (Å²) in [7, 11) is 0. The Morgan fingerprint density at radius 2 is 1.84 bits per heavy atom. The Hall–Kier alpha value is -2.74. The van der Waals surface area contributed by atoms with Gasteiger partial charge in [-0.25, -0.2) is 13.6 Å². The van der Waals surface area contributed by atoms with Gasteiger partial charge in [0.1, 0.15) is 11.6 Å². The second-order valence-corrected chi connectivity index (χ2v) is 3.84. The third-order valence-electron chi connectivity index (χ3n) is 2.55. The van der Waals surface area contributed by atoms with E-state index in [2.05, 4.69) is 0 Å². The fourth-order valence-corrected chi connectivity index (χ4v) is 1.75. The molecule has 2 rings (SSSR count). The molecular formula is C14H7F2NO2. The van der Waals surface area contributed by atoms with Crippen molar-refractivity contribution in [2.45, 2.75) is 0 Å². The third-order valence-corrected chi connectivity index (χ3v) is 2.55. The van der Waals surface area contributed by atoms with Crippen molar-refractivity contribution in [3.8, 4) is 17.2 Å². The number of halogens is 2. The van der Waals surface area contributed by atoms with Crippen molar-refractivity contribution >= 4 is 5.97 Å². The van der Waals surface area contributed by atoms with E-state index in [1.54, 1.807) is 6.07 Å². The van der Waals surface area contributed by atoms with Crippen molar-refractivity contribution in [1.29, 1.82) is 5.26 Å². The molecule has 0 saturated carbocycles. The number of aromatic carboxylic acids is 1. The minimum Gasteiger partial charge on any atom is -0.478 e. The summed E-state index contributed by atoms with van der Waals surface area (Å²) >= 11 is 0. The van der Waals surface area contributed by atoms with Gasteiger partial charge in [-0.05, 0) is 41.5 Å². The average molecular weight is 259 g/mol. The van der Waals surface area contributed by atoms with Crippen molar-refractivity contribution in [2.75, 3.05) is 0 Å². The van der Waals surface area contributed by atoms with Gasteiger partial charge in [0.2, 0.25) is 0 Å². The predicted molar refractivity (Wildman–Crippen MR) is 63.5 cm³/mol. The molecule has 0 fully saturated rings. The number of hydrogen-bond acceptors (Lipinski definition) is 2. The maximum atomic E-state index is 13.3. The van der Waals surface area contributed by atoms with E-state index >= 15 is 0 Å². The minimum atomic E-state index is -1.32. The molecule has 0 aliphatic carbocycles. The number of carboxylic acid groups (broad SMARTS) is 1. The maximum absolute atomic E-state index is 13.3. The van der Waals surface area contributed by atoms with E-state index in [0.717, 1.165) is 24.3 Å². The molecule has 1 N–H and O–H groups in total. The first-order chi connectivity index (χ1) is 9.01. The molecule has 2 aromatic carbocycles. The van der Waals surface area contributed by atoms with E-state index < -0.39 is 17.6 Å². The van der Waals surface area contributed by atoms with Gasteiger partial charge in [0.25, 0.3) is 0 Å². The lowest BCUT2D eigenvalue weighted by molar-refractivity contribution is 0.0697. The first-order valence-corrected chi connectivity index (χ1v) is 5.25. The Morgan fingerprint density at radius 3 is 2.47 bits per heavy atom. The third kappa shape index (κ3) is 2.58. The SMILES string of the molecule is N#Cc1cc(F)cc(-c2ccc(F)cc2C(=O)O)c1. The quantitative estimate of drug-likeness (QED) is 0.900. The Balaban J connectivity index is 2.69. The Kier molecular flexibility index (Phi) is 3.25. The van der Waals surface area contributed by atoms with E-state index in [-0.39, 0.29) is 22.3 Å². The normalized spacial score (nSPS) is 9.95. The molecule has 94 valence electrons. The van der Waals surface area contributed by atoms with E-state index in [0.29, 0.717) is 0 Å². The summed E-state index contributed by atoms with van der Waals surface area (Å²) in [6.45, 7) is 0. The van der Waals surface area contributed by atoms with Crippen LogP contribution < -0.4 is 0 Å². The highest BCUT2D eigenvalue weighted by molar-refractivity contribution is 5.96. The molecule has 3 nitrogen and oxygen atoms in total. The van der Waals surface area contributed by atoms with E-state index in [9.17, 15) is 13.6 Å². The van der Waals surface area contributed by atoms with Gasteiger partial charge in [-0.2, -0.15) is 5.26 Å². The zero-order valence-electron chi connectivity index (χ0n) is 9.52. The number of carboxylic acids is 1. The van der Waals surface area contributed by atoms with Crippen LogP contribution in [0, 0.1) is 23.0 Å². The van der Waals surface area contributed by atoms with Crippen LogP contribution in [0.5, 0.6) is 0 Å². The number of benzene rings is 2. The summed E-state index contributed by atoms with van der Waals surface area (Å²) in [5, 5.41) is 17.8. The van der Waals surface area contributed by atoms with Crippen LogP contribution in [0.1, 0.15) is 15.9 Å². The summed E-state index contributed by atoms with van der Waals surface area (Å²) in [5.41, 5.74) is 0.156. The van der Waals surface area contributed by atoms with Crippen molar-refractivity contribution in [3.05, 3.63) is 59.2 Å². The summed E-state index contributed by atoms with van der Waals surface area (Å²) in [6.07, 6.45) is 0. The van der Waals surface area contributed by atoms with Crippen molar-refractivity contribution in [3.63, 3.8) is 0 Å². The van der Waals surface area contributed by atoms with Crippen molar-refractivity contribution in [1.82, 2.24) is 0 Å². The molecule has 0 aliphatic rings. The Bertz CT molecular complexity index is 705. The van der Waals surface area contributed by atoms with Crippen LogP contribution in [0.15, 0.2) is 36.4 Å². The Morgan fingerprint density at radius 1 is 1.11 bits per heavy atom. The van der Waals surface area contributed by atoms with Crippen LogP contribution in [0.2, 0.25) is 0 Å². The summed E-state index contributed by atoms with van der Waals surface area (Å²) in [5.74, 6) is -2.68. The second kappa shape index (κ2) is 4.86. The van der Waals surface area contributed by atoms with Gasteiger partial charge in [0.15, 0.2) is 0 Å². The first-order valence-electron chi connectivity index (χ1n) is 5.25. The fraction of sp³-hybridized carbons (Fsp3) is 0. The molecule has 0 atom stereocenters. The molecule has 0 aromatic heterocycles. The molecular weight excluding hydrogens is 252 g/mol. The van der Waals surface area contributed by atoms with Crippen LogP contribution in [0.25, 0.3) is 11.1 Å². The number of carbonyl (C=O) groups is 1. The molecule has 0 amide bonds. The standard InChI is InChI=1S/C14H7F2NO2/c15-10-1-2-12(13(6-10)14(18)19)9-3-8(7-17)4-11(16)5-9/h1-6H,(H,18,19). The van der Waals surface area contributed by atoms with Gasteiger partial charge in [0, 0.05) is 0 Å². The smallest absolute Gasteiger partial charge is 0.336 e. The lowest BCUT2D eigenvalue weighted by atomic mass is 9.98. The number of nitriles is 1. The summed E-state index contributed by atoms with van der Waals surface area (Å²) in [6, 6.07) is 8.44. The lowest BCUT2D eigenvalue weighted by Crippen LogP contribution is -2.00. The maximum Gasteiger partial charge on any atom is 0.336 e. The molecule has 0 radical (unpaired) electrons. The van der Waals surface area contributed by atoms with E-state index in [1.807, 2.05) is 0 Å². The fourth-order valence-electron chi connectivity index (χ4n) is 1.75. The topological polar surface area (TPSA) is 61.1 Å². The molecule has 0 spiro atoms. The number of hydrogen-bond donors (Lipinski definition) is 1. The van der Waals surface area contributed by atoms with Crippen molar-refractivity contribution in [2.24, 2.45) is 0 Å². The van der Waals surface area contributed by atoms with Crippen LogP contribution in [-0.4, -0.2) is 11.1 Å². The minimum absolute atomic E-state index is 0.0654. The van der Waals surface area contributed by atoms with Crippen LogP contribution >= 0.6 is 0 Å². The Labute approximate surface area is 107 Å². The van der Waals surface area contributed by atoms with Crippen LogP contribution in [0.4, 0.5) is 8.78 Å². The van der Waals surface area contributed by atoms with E-state index in [4.69, 9.17) is 10.4 Å². The van der Waals surface area contributed by atoms with Crippen LogP contribution in [-0.2, 0) is 0 Å². The van der Waals surface area contributed by atoms with Crippen LogP contribution in [0.3, 0.4) is 0 Å². The lowest BCUT2D eigenvalue weighted by Gasteiger charge is -2.07. The molecule has 2 aromatic rings. The van der Waals surface area contributed by atoms with Gasteiger partial charge in [-0.3, -0.25) is 0 Å². The molecule has 19 heavy (non-hydrogen) atoms. The molecule has 0 saturated heterocycles. The molecule has 0 aliphatic heterocycles. The number of nitrogens with zero attached hydrogens (tertiary/aromatic N) is 1. The van der Waals surface area contributed by atoms with Gasteiger partial charge >= 0.3 is 5.97 Å². The van der Waals surface area contributed by atoms with Gasteiger partial charge in [-0.15, -0.1) is 0 Å². The largest absolute Gasteiger partial charge is 0.478 e.